The lowest BCUT2D eigenvalue weighted by atomic mass is 10.1. The van der Waals surface area contributed by atoms with Crippen LogP contribution in [-0.4, -0.2) is 22.1 Å². The number of benzene rings is 2. The highest BCUT2D eigenvalue weighted by Crippen LogP contribution is 2.22. The molecule has 0 bridgehead atoms. The van der Waals surface area contributed by atoms with Gasteiger partial charge in [0.05, 0.1) is 11.3 Å². The number of carboxylic acid groups (broad SMARTS) is 1. The number of phenolic OH excluding ortho intramolecular Hbond substituents is 1. The van der Waals surface area contributed by atoms with Gasteiger partial charge in [-0.25, -0.2) is 9.18 Å². The van der Waals surface area contributed by atoms with Gasteiger partial charge in [-0.2, -0.15) is 0 Å². The molecule has 6 nitrogen and oxygen atoms in total. The molecule has 0 aliphatic heterocycles. The molecule has 2 aromatic rings. The molecule has 0 aliphatic carbocycles. The molecule has 0 radical (unpaired) electrons. The van der Waals surface area contributed by atoms with Crippen LogP contribution in [0.15, 0.2) is 36.4 Å². The van der Waals surface area contributed by atoms with E-state index in [-0.39, 0.29) is 33.8 Å². The molecule has 0 atom stereocenters. The minimum absolute atomic E-state index is 0.0319. The normalized spacial score (nSPS) is 10.2. The number of halogens is 1. The highest BCUT2D eigenvalue weighted by molar-refractivity contribution is 6.05. The first kappa shape index (κ1) is 15.3. The third-order valence-electron chi connectivity index (χ3n) is 3.03. The third-order valence-corrected chi connectivity index (χ3v) is 3.03. The van der Waals surface area contributed by atoms with Crippen LogP contribution in [0.5, 0.6) is 5.75 Å². The molecule has 114 valence electrons. The summed E-state index contributed by atoms with van der Waals surface area (Å²) in [6, 6.07) is 7.80. The molecule has 0 fully saturated rings. The van der Waals surface area contributed by atoms with Crippen LogP contribution in [0.4, 0.5) is 15.8 Å². The van der Waals surface area contributed by atoms with Gasteiger partial charge in [0.2, 0.25) is 0 Å². The van der Waals surface area contributed by atoms with Crippen LogP contribution >= 0.6 is 0 Å². The third kappa shape index (κ3) is 3.14. The second-order valence-electron chi connectivity index (χ2n) is 4.54. The Hall–Kier alpha value is -3.09. The van der Waals surface area contributed by atoms with Crippen LogP contribution in [0.1, 0.15) is 26.3 Å². The Balaban J connectivity index is 2.24. The predicted octanol–water partition coefficient (Wildman–Crippen LogP) is 2.39. The molecule has 0 saturated heterocycles. The Kier molecular flexibility index (Phi) is 4.26. The van der Waals surface area contributed by atoms with Crippen molar-refractivity contribution in [2.45, 2.75) is 6.67 Å². The van der Waals surface area contributed by atoms with E-state index in [9.17, 15) is 19.1 Å². The van der Waals surface area contributed by atoms with Crippen molar-refractivity contribution in [2.75, 3.05) is 11.1 Å². The van der Waals surface area contributed by atoms with Crippen LogP contribution < -0.4 is 11.1 Å². The van der Waals surface area contributed by atoms with E-state index >= 15 is 0 Å². The van der Waals surface area contributed by atoms with E-state index in [0.29, 0.717) is 0 Å². The maximum atomic E-state index is 12.9. The van der Waals surface area contributed by atoms with Crippen LogP contribution in [0.25, 0.3) is 0 Å². The van der Waals surface area contributed by atoms with E-state index in [0.717, 1.165) is 0 Å². The molecule has 2 rings (SSSR count). The minimum atomic E-state index is -1.24. The number of nitrogens with one attached hydrogen (secondary N) is 1. The van der Waals surface area contributed by atoms with Crippen molar-refractivity contribution in [3.05, 3.63) is 53.1 Å². The van der Waals surface area contributed by atoms with Gasteiger partial charge in [-0.05, 0) is 42.0 Å². The van der Waals surface area contributed by atoms with Crippen LogP contribution in [-0.2, 0) is 6.67 Å². The van der Waals surface area contributed by atoms with Crippen LogP contribution in [0.3, 0.4) is 0 Å². The SMILES string of the molecule is Nc1cc(C(=O)Nc2ccc(C(=O)O)c(CF)c2)ccc1O. The number of carboxylic acids is 1. The molecule has 5 N–H and O–H groups in total. The standard InChI is InChI=1S/C15H13FN2O4/c16-7-9-5-10(2-3-11(9)15(21)22)18-14(20)8-1-4-13(19)12(17)6-8/h1-6,19H,7,17H2,(H,18,20)(H,21,22). The highest BCUT2D eigenvalue weighted by atomic mass is 19.1. The molecule has 0 heterocycles. The molecular formula is C15H13FN2O4. The van der Waals surface area contributed by atoms with E-state index in [1.54, 1.807) is 0 Å². The van der Waals surface area contributed by atoms with Gasteiger partial charge in [0.25, 0.3) is 5.91 Å². The summed E-state index contributed by atoms with van der Waals surface area (Å²) in [5.41, 5.74) is 5.84. The first-order valence-corrected chi connectivity index (χ1v) is 6.24. The maximum absolute atomic E-state index is 12.9. The second kappa shape index (κ2) is 6.13. The summed E-state index contributed by atoms with van der Waals surface area (Å²) in [6.45, 7) is -0.961. The number of nitrogens with two attached hydrogens (primary N) is 1. The molecule has 0 aromatic heterocycles. The van der Waals surface area contributed by atoms with Crippen molar-refractivity contribution in [1.82, 2.24) is 0 Å². The van der Waals surface area contributed by atoms with E-state index in [4.69, 9.17) is 10.8 Å². The number of aromatic hydroxyl groups is 1. The molecule has 0 aliphatic rings. The molecule has 0 spiro atoms. The average Bonchev–Trinajstić information content (AvgIpc) is 2.49. The molecule has 0 unspecified atom stereocenters. The summed E-state index contributed by atoms with van der Waals surface area (Å²) in [5, 5.41) is 20.7. The lowest BCUT2D eigenvalue weighted by Crippen LogP contribution is -2.13. The quantitative estimate of drug-likeness (QED) is 0.512. The van der Waals surface area contributed by atoms with Crippen molar-refractivity contribution in [3.63, 3.8) is 0 Å². The fourth-order valence-corrected chi connectivity index (χ4v) is 1.89. The summed E-state index contributed by atoms with van der Waals surface area (Å²) in [5.74, 6) is -1.89. The molecular weight excluding hydrogens is 291 g/mol. The molecule has 0 saturated carbocycles. The lowest BCUT2D eigenvalue weighted by molar-refractivity contribution is 0.0694. The van der Waals surface area contributed by atoms with Crippen LogP contribution in [0.2, 0.25) is 0 Å². The number of hydrogen-bond acceptors (Lipinski definition) is 4. The predicted molar refractivity (Wildman–Crippen MR) is 78.7 cm³/mol. The fraction of sp³-hybridized carbons (Fsp3) is 0.0667. The lowest BCUT2D eigenvalue weighted by Gasteiger charge is -2.09. The summed E-state index contributed by atoms with van der Waals surface area (Å²) < 4.78 is 12.9. The van der Waals surface area contributed by atoms with Crippen molar-refractivity contribution in [2.24, 2.45) is 0 Å². The van der Waals surface area contributed by atoms with Crippen molar-refractivity contribution in [3.8, 4) is 5.75 Å². The zero-order valence-electron chi connectivity index (χ0n) is 11.3. The fourth-order valence-electron chi connectivity index (χ4n) is 1.89. The number of rotatable bonds is 4. The number of carbonyl (C=O) groups excluding carboxylic acids is 1. The number of anilines is 2. The molecule has 7 heteroatoms. The van der Waals surface area contributed by atoms with Gasteiger partial charge in [0, 0.05) is 11.3 Å². The number of amides is 1. The van der Waals surface area contributed by atoms with Crippen molar-refractivity contribution in [1.29, 1.82) is 0 Å². The maximum Gasteiger partial charge on any atom is 0.336 e. The number of carbonyl (C=O) groups is 2. The Bertz CT molecular complexity index is 746. The molecule has 2 aromatic carbocycles. The van der Waals surface area contributed by atoms with Crippen LogP contribution in [0, 0.1) is 0 Å². The van der Waals surface area contributed by atoms with Crippen molar-refractivity contribution < 1.29 is 24.2 Å². The summed E-state index contributed by atoms with van der Waals surface area (Å²) in [7, 11) is 0. The smallest absolute Gasteiger partial charge is 0.336 e. The second-order valence-corrected chi connectivity index (χ2v) is 4.54. The Labute approximate surface area is 125 Å². The Morgan fingerprint density at radius 1 is 1.18 bits per heavy atom. The van der Waals surface area contributed by atoms with E-state index in [1.807, 2.05) is 0 Å². The van der Waals surface area contributed by atoms with E-state index in [1.165, 1.54) is 36.4 Å². The first-order valence-electron chi connectivity index (χ1n) is 6.24. The minimum Gasteiger partial charge on any atom is -0.506 e. The topological polar surface area (TPSA) is 113 Å². The molecule has 1 amide bonds. The number of hydrogen-bond donors (Lipinski definition) is 4. The summed E-state index contributed by atoms with van der Waals surface area (Å²) in [4.78, 5) is 23.0. The zero-order chi connectivity index (χ0) is 16.3. The van der Waals surface area contributed by atoms with Gasteiger partial charge in [-0.3, -0.25) is 4.79 Å². The van der Waals surface area contributed by atoms with Gasteiger partial charge in [-0.15, -0.1) is 0 Å². The Morgan fingerprint density at radius 3 is 2.50 bits per heavy atom. The van der Waals surface area contributed by atoms with Crippen molar-refractivity contribution >= 4 is 23.3 Å². The Morgan fingerprint density at radius 2 is 1.91 bits per heavy atom. The van der Waals surface area contributed by atoms with Gasteiger partial charge < -0.3 is 21.3 Å². The van der Waals surface area contributed by atoms with E-state index in [2.05, 4.69) is 5.32 Å². The number of nitrogen functional groups attached to an aromatic ring is 1. The van der Waals surface area contributed by atoms with Gasteiger partial charge in [0.15, 0.2) is 0 Å². The van der Waals surface area contributed by atoms with E-state index < -0.39 is 18.6 Å². The van der Waals surface area contributed by atoms with Gasteiger partial charge in [0.1, 0.15) is 12.4 Å². The molecule has 22 heavy (non-hydrogen) atoms. The number of alkyl halides is 1. The monoisotopic (exact) mass is 304 g/mol. The highest BCUT2D eigenvalue weighted by Gasteiger charge is 2.13. The number of phenols is 1. The zero-order valence-corrected chi connectivity index (χ0v) is 11.3. The average molecular weight is 304 g/mol. The number of aromatic carboxylic acids is 1. The largest absolute Gasteiger partial charge is 0.506 e. The summed E-state index contributed by atoms with van der Waals surface area (Å²) in [6.07, 6.45) is 0. The summed E-state index contributed by atoms with van der Waals surface area (Å²) >= 11 is 0. The van der Waals surface area contributed by atoms with Gasteiger partial charge >= 0.3 is 5.97 Å². The first-order chi connectivity index (χ1) is 10.4. The van der Waals surface area contributed by atoms with Gasteiger partial charge in [-0.1, -0.05) is 0 Å².